The molecule has 5 aromatic rings. The van der Waals surface area contributed by atoms with E-state index in [0.717, 1.165) is 11.3 Å². The largest absolute Gasteiger partial charge is 0.497 e. The normalized spacial score (nSPS) is 12.2. The number of anilines is 1. The molecule has 0 radical (unpaired) electrons. The van der Waals surface area contributed by atoms with Gasteiger partial charge in [-0.25, -0.2) is 9.36 Å². The van der Waals surface area contributed by atoms with Gasteiger partial charge in [0.05, 0.1) is 18.3 Å². The Kier molecular flexibility index (Phi) is 7.47. The number of methoxy groups -OCH3 is 1. The Morgan fingerprint density at radius 3 is 2.54 bits per heavy atom. The van der Waals surface area contributed by atoms with Gasteiger partial charge in [0, 0.05) is 11.2 Å². The molecule has 0 aliphatic heterocycles. The molecule has 2 aromatic heterocycles. The number of fused-ring (bicyclic) bond motifs is 1. The van der Waals surface area contributed by atoms with Crippen LogP contribution in [0.4, 0.5) is 5.69 Å². The van der Waals surface area contributed by atoms with Gasteiger partial charge < -0.3 is 10.1 Å². The SMILES string of the molecule is COc1cccc([C@H](C(=O)NC(C)(C)C)N(C(=O)Cn2nnc3ccccc32)c2ccc(-n3cnnn3)c(C)c2)c1. The molecule has 0 aliphatic carbocycles. The van der Waals surface area contributed by atoms with E-state index in [-0.39, 0.29) is 18.4 Å². The fourth-order valence-corrected chi connectivity index (χ4v) is 4.66. The number of para-hydroxylation sites is 1. The van der Waals surface area contributed by atoms with Gasteiger partial charge in [0.25, 0.3) is 0 Å². The summed E-state index contributed by atoms with van der Waals surface area (Å²) in [5, 5.41) is 22.9. The molecule has 0 saturated carbocycles. The Hall–Kier alpha value is -5.13. The van der Waals surface area contributed by atoms with Crippen LogP contribution in [0.1, 0.15) is 37.9 Å². The molecule has 5 rings (SSSR count). The van der Waals surface area contributed by atoms with Crippen molar-refractivity contribution in [1.82, 2.24) is 40.5 Å². The van der Waals surface area contributed by atoms with E-state index in [0.29, 0.717) is 28.0 Å². The van der Waals surface area contributed by atoms with E-state index in [2.05, 4.69) is 31.2 Å². The zero-order chi connectivity index (χ0) is 29.1. The predicted molar refractivity (Wildman–Crippen MR) is 153 cm³/mol. The number of amides is 2. The summed E-state index contributed by atoms with van der Waals surface area (Å²) in [5.41, 5.74) is 3.48. The molecular formula is C29H31N9O3. The van der Waals surface area contributed by atoms with Crippen LogP contribution in [0.25, 0.3) is 16.7 Å². The standard InChI is InChI=1S/C29H31N9O3/c1-19-15-21(13-14-24(19)37-18-30-33-35-37)38(26(39)17-36-25-12-7-6-11-23(25)32-34-36)27(28(40)31-29(2,3)4)20-9-8-10-22(16-20)41-5/h6-16,18,27H,17H2,1-5H3,(H,31,40)/t27-/m1/s1. The average molecular weight is 554 g/mol. The van der Waals surface area contributed by atoms with Gasteiger partial charge in [-0.2, -0.15) is 0 Å². The van der Waals surface area contributed by atoms with Crippen molar-refractivity contribution in [2.75, 3.05) is 12.0 Å². The Bertz CT molecular complexity index is 1690. The second-order valence-electron chi connectivity index (χ2n) is 10.6. The van der Waals surface area contributed by atoms with Gasteiger partial charge in [0.15, 0.2) is 0 Å². The number of ether oxygens (including phenoxy) is 1. The maximum atomic E-state index is 14.3. The van der Waals surface area contributed by atoms with Gasteiger partial charge in [-0.1, -0.05) is 29.5 Å². The second-order valence-corrected chi connectivity index (χ2v) is 10.6. The lowest BCUT2D eigenvalue weighted by Crippen LogP contribution is -2.50. The first-order chi connectivity index (χ1) is 19.6. The highest BCUT2D eigenvalue weighted by molar-refractivity contribution is 6.02. The second kappa shape index (κ2) is 11.2. The van der Waals surface area contributed by atoms with Crippen molar-refractivity contribution in [3.63, 3.8) is 0 Å². The number of tetrazole rings is 1. The summed E-state index contributed by atoms with van der Waals surface area (Å²) >= 11 is 0. The Labute approximate surface area is 236 Å². The van der Waals surface area contributed by atoms with Crippen LogP contribution >= 0.6 is 0 Å². The van der Waals surface area contributed by atoms with Crippen molar-refractivity contribution in [2.45, 2.75) is 45.8 Å². The highest BCUT2D eigenvalue weighted by Crippen LogP contribution is 2.32. The predicted octanol–water partition coefficient (Wildman–Crippen LogP) is 3.41. The van der Waals surface area contributed by atoms with Gasteiger partial charge in [0.2, 0.25) is 11.8 Å². The first-order valence-electron chi connectivity index (χ1n) is 13.0. The number of nitrogens with one attached hydrogen (secondary N) is 1. The molecule has 0 fully saturated rings. The number of hydrogen-bond acceptors (Lipinski definition) is 8. The lowest BCUT2D eigenvalue weighted by molar-refractivity contribution is -0.128. The Morgan fingerprint density at radius 1 is 1.02 bits per heavy atom. The summed E-state index contributed by atoms with van der Waals surface area (Å²) in [6.07, 6.45) is 1.50. The fourth-order valence-electron chi connectivity index (χ4n) is 4.66. The molecule has 210 valence electrons. The van der Waals surface area contributed by atoms with Crippen molar-refractivity contribution in [3.8, 4) is 11.4 Å². The molecule has 41 heavy (non-hydrogen) atoms. The monoisotopic (exact) mass is 553 g/mol. The zero-order valence-electron chi connectivity index (χ0n) is 23.5. The van der Waals surface area contributed by atoms with Gasteiger partial charge in [0.1, 0.15) is 30.2 Å². The summed E-state index contributed by atoms with van der Waals surface area (Å²) in [7, 11) is 1.56. The van der Waals surface area contributed by atoms with Crippen LogP contribution in [0.2, 0.25) is 0 Å². The number of carbonyl (C=O) groups is 2. The fraction of sp³-hybridized carbons (Fsp3) is 0.276. The molecule has 12 heteroatoms. The van der Waals surface area contributed by atoms with E-state index in [1.807, 2.05) is 70.2 Å². The van der Waals surface area contributed by atoms with Crippen molar-refractivity contribution in [2.24, 2.45) is 0 Å². The number of aryl methyl sites for hydroxylation is 1. The van der Waals surface area contributed by atoms with Gasteiger partial charge in [-0.05, 0) is 91.7 Å². The minimum Gasteiger partial charge on any atom is -0.497 e. The third kappa shape index (κ3) is 5.91. The number of aromatic nitrogens is 7. The highest BCUT2D eigenvalue weighted by Gasteiger charge is 2.35. The van der Waals surface area contributed by atoms with Gasteiger partial charge in [-0.15, -0.1) is 10.2 Å². The topological polar surface area (TPSA) is 133 Å². The number of carbonyl (C=O) groups excluding carboxylic acids is 2. The van der Waals surface area contributed by atoms with Crippen LogP contribution in [0.3, 0.4) is 0 Å². The van der Waals surface area contributed by atoms with Crippen LogP contribution in [0.15, 0.2) is 73.1 Å². The van der Waals surface area contributed by atoms with E-state index >= 15 is 0 Å². The van der Waals surface area contributed by atoms with Crippen LogP contribution in [-0.4, -0.2) is 59.7 Å². The quantitative estimate of drug-likeness (QED) is 0.309. The summed E-state index contributed by atoms with van der Waals surface area (Å²) in [5.74, 6) is -0.132. The lowest BCUT2D eigenvalue weighted by atomic mass is 10.00. The van der Waals surface area contributed by atoms with E-state index in [1.165, 1.54) is 15.9 Å². The van der Waals surface area contributed by atoms with Crippen LogP contribution in [-0.2, 0) is 16.1 Å². The minimum atomic E-state index is -1.02. The molecule has 12 nitrogen and oxygen atoms in total. The maximum absolute atomic E-state index is 14.3. The van der Waals surface area contributed by atoms with Crippen molar-refractivity contribution in [1.29, 1.82) is 0 Å². The Morgan fingerprint density at radius 2 is 1.83 bits per heavy atom. The minimum absolute atomic E-state index is 0.141. The van der Waals surface area contributed by atoms with Crippen molar-refractivity contribution < 1.29 is 14.3 Å². The first-order valence-corrected chi connectivity index (χ1v) is 13.0. The third-order valence-corrected chi connectivity index (χ3v) is 6.44. The van der Waals surface area contributed by atoms with Crippen molar-refractivity contribution in [3.05, 3.63) is 84.2 Å². The molecule has 1 atom stereocenters. The molecule has 0 unspecified atom stereocenters. The summed E-state index contributed by atoms with van der Waals surface area (Å²) in [4.78, 5) is 29.8. The molecule has 2 heterocycles. The summed E-state index contributed by atoms with van der Waals surface area (Å²) in [6, 6.07) is 19.0. The molecule has 0 spiro atoms. The molecule has 1 N–H and O–H groups in total. The first kappa shape index (κ1) is 27.4. The summed E-state index contributed by atoms with van der Waals surface area (Å²) < 4.78 is 8.54. The molecule has 0 aliphatic rings. The summed E-state index contributed by atoms with van der Waals surface area (Å²) in [6.45, 7) is 7.44. The number of hydrogen-bond donors (Lipinski definition) is 1. The van der Waals surface area contributed by atoms with Gasteiger partial charge >= 0.3 is 0 Å². The van der Waals surface area contributed by atoms with E-state index < -0.39 is 11.6 Å². The highest BCUT2D eigenvalue weighted by atomic mass is 16.5. The Balaban J connectivity index is 1.65. The van der Waals surface area contributed by atoms with Crippen molar-refractivity contribution >= 4 is 28.5 Å². The van der Waals surface area contributed by atoms with E-state index in [9.17, 15) is 9.59 Å². The maximum Gasteiger partial charge on any atom is 0.249 e. The average Bonchev–Trinajstić information content (AvgIpc) is 3.61. The molecule has 3 aromatic carbocycles. The molecule has 0 bridgehead atoms. The number of benzene rings is 3. The third-order valence-electron chi connectivity index (χ3n) is 6.44. The van der Waals surface area contributed by atoms with Crippen LogP contribution < -0.4 is 15.0 Å². The van der Waals surface area contributed by atoms with Crippen LogP contribution in [0.5, 0.6) is 5.75 Å². The van der Waals surface area contributed by atoms with Gasteiger partial charge in [-0.3, -0.25) is 14.5 Å². The van der Waals surface area contributed by atoms with E-state index in [4.69, 9.17) is 4.74 Å². The smallest absolute Gasteiger partial charge is 0.249 e. The molecule has 2 amide bonds. The molecular weight excluding hydrogens is 522 g/mol. The van der Waals surface area contributed by atoms with Crippen LogP contribution in [0, 0.1) is 6.92 Å². The zero-order valence-corrected chi connectivity index (χ0v) is 23.5. The van der Waals surface area contributed by atoms with E-state index in [1.54, 1.807) is 36.1 Å². The lowest BCUT2D eigenvalue weighted by Gasteiger charge is -2.34. The number of rotatable bonds is 8. The molecule has 0 saturated heterocycles. The number of nitrogens with zero attached hydrogens (tertiary/aromatic N) is 8.